The average molecular weight is 375 g/mol. The summed E-state index contributed by atoms with van der Waals surface area (Å²) in [5.41, 5.74) is 1.20. The SMILES string of the molecule is CC(C)CCNc1nc(C(=O)OCC(=O)N[C@@H](C)c2ccccc2)cs1. The summed E-state index contributed by atoms with van der Waals surface area (Å²) < 4.78 is 5.05. The predicted molar refractivity (Wildman–Crippen MR) is 103 cm³/mol. The summed E-state index contributed by atoms with van der Waals surface area (Å²) in [5, 5.41) is 8.29. The molecule has 0 bridgehead atoms. The first kappa shape index (κ1) is 19.9. The van der Waals surface area contributed by atoms with Crippen molar-refractivity contribution in [3.8, 4) is 0 Å². The number of thiazole rings is 1. The summed E-state index contributed by atoms with van der Waals surface area (Å²) in [6.45, 7) is 6.65. The van der Waals surface area contributed by atoms with Crippen molar-refractivity contribution in [1.29, 1.82) is 0 Å². The van der Waals surface area contributed by atoms with Gasteiger partial charge in [0.2, 0.25) is 0 Å². The van der Waals surface area contributed by atoms with Gasteiger partial charge in [0.25, 0.3) is 5.91 Å². The van der Waals surface area contributed by atoms with E-state index in [1.165, 1.54) is 11.3 Å². The number of ether oxygens (including phenoxy) is 1. The van der Waals surface area contributed by atoms with Gasteiger partial charge in [-0.25, -0.2) is 9.78 Å². The summed E-state index contributed by atoms with van der Waals surface area (Å²) >= 11 is 1.35. The van der Waals surface area contributed by atoms with Crippen molar-refractivity contribution < 1.29 is 14.3 Å². The van der Waals surface area contributed by atoms with Crippen LogP contribution in [-0.4, -0.2) is 30.0 Å². The first-order valence-corrected chi connectivity index (χ1v) is 9.54. The number of hydrogen-bond donors (Lipinski definition) is 2. The van der Waals surface area contributed by atoms with Crippen molar-refractivity contribution in [2.75, 3.05) is 18.5 Å². The average Bonchev–Trinajstić information content (AvgIpc) is 3.09. The van der Waals surface area contributed by atoms with Gasteiger partial charge >= 0.3 is 5.97 Å². The third kappa shape index (κ3) is 6.48. The number of hydrogen-bond acceptors (Lipinski definition) is 6. The van der Waals surface area contributed by atoms with Crippen molar-refractivity contribution in [2.24, 2.45) is 5.92 Å². The number of rotatable bonds is 9. The van der Waals surface area contributed by atoms with Crippen LogP contribution >= 0.6 is 11.3 Å². The highest BCUT2D eigenvalue weighted by molar-refractivity contribution is 7.13. The van der Waals surface area contributed by atoms with Gasteiger partial charge in [0.05, 0.1) is 6.04 Å². The molecule has 140 valence electrons. The molecule has 26 heavy (non-hydrogen) atoms. The standard InChI is InChI=1S/C19H25N3O3S/c1-13(2)9-10-20-19-22-16(12-26-19)18(24)25-11-17(23)21-14(3)15-7-5-4-6-8-15/h4-8,12-14H,9-11H2,1-3H3,(H,20,22)(H,21,23)/t14-/m0/s1. The van der Waals surface area contributed by atoms with Gasteiger partial charge in [-0.2, -0.15) is 0 Å². The lowest BCUT2D eigenvalue weighted by molar-refractivity contribution is -0.124. The smallest absolute Gasteiger partial charge is 0.358 e. The van der Waals surface area contributed by atoms with Gasteiger partial charge in [-0.3, -0.25) is 4.79 Å². The molecule has 0 saturated heterocycles. The van der Waals surface area contributed by atoms with E-state index in [1.807, 2.05) is 37.3 Å². The summed E-state index contributed by atoms with van der Waals surface area (Å²) in [6.07, 6.45) is 1.03. The minimum Gasteiger partial charge on any atom is -0.451 e. The van der Waals surface area contributed by atoms with Gasteiger partial charge in [-0.15, -0.1) is 11.3 Å². The Hall–Kier alpha value is -2.41. The molecule has 1 aromatic carbocycles. The van der Waals surface area contributed by atoms with Crippen LogP contribution in [0.3, 0.4) is 0 Å². The van der Waals surface area contributed by atoms with E-state index in [0.717, 1.165) is 18.5 Å². The number of anilines is 1. The summed E-state index contributed by atoms with van der Waals surface area (Å²) in [7, 11) is 0. The van der Waals surface area contributed by atoms with Gasteiger partial charge in [-0.1, -0.05) is 44.2 Å². The van der Waals surface area contributed by atoms with Crippen LogP contribution in [0.25, 0.3) is 0 Å². The molecule has 7 heteroatoms. The zero-order valence-electron chi connectivity index (χ0n) is 15.3. The lowest BCUT2D eigenvalue weighted by Gasteiger charge is -2.14. The Morgan fingerprint density at radius 3 is 2.62 bits per heavy atom. The second kappa shape index (κ2) is 9.91. The predicted octanol–water partition coefficient (Wildman–Crippen LogP) is 3.64. The first-order chi connectivity index (χ1) is 12.5. The van der Waals surface area contributed by atoms with E-state index >= 15 is 0 Å². The van der Waals surface area contributed by atoms with E-state index in [1.54, 1.807) is 5.38 Å². The molecule has 0 spiro atoms. The molecule has 0 aliphatic carbocycles. The van der Waals surface area contributed by atoms with Crippen LogP contribution in [0.4, 0.5) is 5.13 Å². The zero-order chi connectivity index (χ0) is 18.9. The van der Waals surface area contributed by atoms with Crippen LogP contribution in [0.2, 0.25) is 0 Å². The van der Waals surface area contributed by atoms with E-state index in [2.05, 4.69) is 29.5 Å². The molecular weight excluding hydrogens is 350 g/mol. The molecule has 0 saturated carbocycles. The van der Waals surface area contributed by atoms with Crippen LogP contribution in [0.1, 0.15) is 49.3 Å². The number of esters is 1. The van der Waals surface area contributed by atoms with Crippen LogP contribution in [0.15, 0.2) is 35.7 Å². The molecule has 6 nitrogen and oxygen atoms in total. The highest BCUT2D eigenvalue weighted by atomic mass is 32.1. The Balaban J connectivity index is 1.75. The maximum Gasteiger partial charge on any atom is 0.358 e. The van der Waals surface area contributed by atoms with E-state index < -0.39 is 5.97 Å². The summed E-state index contributed by atoms with van der Waals surface area (Å²) in [4.78, 5) is 28.2. The topological polar surface area (TPSA) is 80.3 Å². The second-order valence-electron chi connectivity index (χ2n) is 6.42. The normalized spacial score (nSPS) is 11.8. The Morgan fingerprint density at radius 2 is 1.92 bits per heavy atom. The zero-order valence-corrected chi connectivity index (χ0v) is 16.1. The van der Waals surface area contributed by atoms with Crippen molar-refractivity contribution in [3.63, 3.8) is 0 Å². The molecule has 2 aromatic rings. The monoisotopic (exact) mass is 375 g/mol. The van der Waals surface area contributed by atoms with Crippen LogP contribution < -0.4 is 10.6 Å². The number of carbonyl (C=O) groups excluding carboxylic acids is 2. The maximum atomic E-state index is 12.0. The quantitative estimate of drug-likeness (QED) is 0.654. The molecule has 1 aromatic heterocycles. The lowest BCUT2D eigenvalue weighted by Crippen LogP contribution is -2.31. The Bertz CT molecular complexity index is 716. The lowest BCUT2D eigenvalue weighted by atomic mass is 10.1. The van der Waals surface area contributed by atoms with Crippen LogP contribution in [0.5, 0.6) is 0 Å². The fourth-order valence-electron chi connectivity index (χ4n) is 2.23. The molecule has 0 aliphatic heterocycles. The molecule has 1 atom stereocenters. The summed E-state index contributed by atoms with van der Waals surface area (Å²) in [5.74, 6) is -0.343. The van der Waals surface area contributed by atoms with E-state index in [-0.39, 0.29) is 24.2 Å². The maximum absolute atomic E-state index is 12.0. The van der Waals surface area contributed by atoms with Crippen molar-refractivity contribution >= 4 is 28.3 Å². The highest BCUT2D eigenvalue weighted by Gasteiger charge is 2.15. The number of nitrogens with one attached hydrogen (secondary N) is 2. The largest absolute Gasteiger partial charge is 0.451 e. The Kier molecular flexibility index (Phi) is 7.59. The Morgan fingerprint density at radius 1 is 1.19 bits per heavy atom. The number of aromatic nitrogens is 1. The molecule has 0 aliphatic rings. The fourth-order valence-corrected chi connectivity index (χ4v) is 2.94. The highest BCUT2D eigenvalue weighted by Crippen LogP contribution is 2.16. The van der Waals surface area contributed by atoms with Crippen LogP contribution in [0, 0.1) is 5.92 Å². The summed E-state index contributed by atoms with van der Waals surface area (Å²) in [6, 6.07) is 9.44. The molecule has 0 unspecified atom stereocenters. The van der Waals surface area contributed by atoms with Gasteiger partial charge < -0.3 is 15.4 Å². The fraction of sp³-hybridized carbons (Fsp3) is 0.421. The molecule has 2 rings (SSSR count). The molecular formula is C19H25N3O3S. The minimum atomic E-state index is -0.597. The third-order valence-electron chi connectivity index (χ3n) is 3.72. The second-order valence-corrected chi connectivity index (χ2v) is 7.28. The number of carbonyl (C=O) groups is 2. The van der Waals surface area contributed by atoms with E-state index in [0.29, 0.717) is 11.0 Å². The van der Waals surface area contributed by atoms with Gasteiger partial charge in [0, 0.05) is 11.9 Å². The number of benzene rings is 1. The molecule has 1 amide bonds. The van der Waals surface area contributed by atoms with Crippen molar-refractivity contribution in [2.45, 2.75) is 33.2 Å². The number of amides is 1. The number of nitrogens with zero attached hydrogens (tertiary/aromatic N) is 1. The molecule has 0 fully saturated rings. The first-order valence-electron chi connectivity index (χ1n) is 8.66. The Labute approximate surface area is 158 Å². The van der Waals surface area contributed by atoms with E-state index in [4.69, 9.17) is 4.74 Å². The van der Waals surface area contributed by atoms with Gasteiger partial charge in [-0.05, 0) is 24.8 Å². The van der Waals surface area contributed by atoms with Crippen LogP contribution in [-0.2, 0) is 9.53 Å². The molecule has 0 radical (unpaired) electrons. The molecule has 1 heterocycles. The van der Waals surface area contributed by atoms with Crippen molar-refractivity contribution in [1.82, 2.24) is 10.3 Å². The van der Waals surface area contributed by atoms with Gasteiger partial charge in [0.15, 0.2) is 17.4 Å². The van der Waals surface area contributed by atoms with E-state index in [9.17, 15) is 9.59 Å². The molecule has 2 N–H and O–H groups in total. The van der Waals surface area contributed by atoms with Crippen molar-refractivity contribution in [3.05, 3.63) is 47.0 Å². The minimum absolute atomic E-state index is 0.154. The third-order valence-corrected chi connectivity index (χ3v) is 4.52. The van der Waals surface area contributed by atoms with Gasteiger partial charge in [0.1, 0.15) is 0 Å².